The van der Waals surface area contributed by atoms with Crippen molar-refractivity contribution in [2.24, 2.45) is 0 Å². The largest absolute Gasteiger partial charge is 0.446 e. The Morgan fingerprint density at radius 1 is 1.18 bits per heavy atom. The first-order valence-corrected chi connectivity index (χ1v) is 13.2. The summed E-state index contributed by atoms with van der Waals surface area (Å²) in [5, 5.41) is 57.2. The predicted molar refractivity (Wildman–Crippen MR) is 139 cm³/mol. The molecule has 1 aromatic heterocycles. The number of aliphatic hydroxyl groups is 5. The average Bonchev–Trinajstić information content (AvgIpc) is 3.32. The number of rotatable bonds is 14. The van der Waals surface area contributed by atoms with Gasteiger partial charge < -0.3 is 40.3 Å². The maximum absolute atomic E-state index is 14.0. The molecular formula is C27H40FN3O8. The monoisotopic (exact) mass is 553 g/mol. The number of H-pyrrole nitrogens is 1. The first-order valence-electron chi connectivity index (χ1n) is 13.2. The molecule has 0 aliphatic carbocycles. The Morgan fingerprint density at radius 2 is 1.82 bits per heavy atom. The molecule has 11 nitrogen and oxygen atoms in total. The number of amides is 1. The fourth-order valence-corrected chi connectivity index (χ4v) is 4.46. The summed E-state index contributed by atoms with van der Waals surface area (Å²) in [6, 6.07) is 7.88. The van der Waals surface area contributed by atoms with Crippen LogP contribution in [0.5, 0.6) is 5.88 Å². The third kappa shape index (κ3) is 7.96. The summed E-state index contributed by atoms with van der Waals surface area (Å²) in [4.78, 5) is 12.2. The zero-order valence-corrected chi connectivity index (χ0v) is 22.3. The Bertz CT molecular complexity index is 1040. The molecule has 7 N–H and O–H groups in total. The molecular weight excluding hydrogens is 513 g/mol. The van der Waals surface area contributed by atoms with E-state index in [1.165, 1.54) is 0 Å². The molecule has 1 aliphatic heterocycles. The molecule has 1 fully saturated rings. The Labute approximate surface area is 227 Å². The van der Waals surface area contributed by atoms with Gasteiger partial charge in [-0.05, 0) is 29.9 Å². The van der Waals surface area contributed by atoms with E-state index in [-0.39, 0.29) is 24.7 Å². The minimum atomic E-state index is -1.69. The van der Waals surface area contributed by atoms with Gasteiger partial charge in [0.15, 0.2) is 6.17 Å². The molecule has 3 rings (SSSR count). The van der Waals surface area contributed by atoms with Crippen LogP contribution in [-0.4, -0.2) is 98.3 Å². The van der Waals surface area contributed by atoms with E-state index < -0.39 is 56.6 Å². The third-order valence-corrected chi connectivity index (χ3v) is 6.93. The van der Waals surface area contributed by atoms with Crippen molar-refractivity contribution in [3.05, 3.63) is 46.6 Å². The van der Waals surface area contributed by atoms with Gasteiger partial charge in [0, 0.05) is 30.5 Å². The molecule has 39 heavy (non-hydrogen) atoms. The van der Waals surface area contributed by atoms with E-state index in [1.54, 1.807) is 0 Å². The van der Waals surface area contributed by atoms with E-state index in [4.69, 9.17) is 9.47 Å². The van der Waals surface area contributed by atoms with Crippen LogP contribution < -0.4 is 10.1 Å². The second kappa shape index (κ2) is 14.1. The number of hydrogen-bond acceptors (Lipinski definition) is 9. The minimum absolute atomic E-state index is 0.0886. The zero-order chi connectivity index (χ0) is 28.6. The number of aliphatic hydroxyl groups excluding tert-OH is 5. The lowest BCUT2D eigenvalue weighted by molar-refractivity contribution is -0.215. The molecule has 0 saturated carbocycles. The van der Waals surface area contributed by atoms with Crippen LogP contribution in [0, 0.1) is 0 Å². The van der Waals surface area contributed by atoms with Gasteiger partial charge in [-0.2, -0.15) is 0 Å². The van der Waals surface area contributed by atoms with Gasteiger partial charge in [0.1, 0.15) is 11.6 Å². The summed E-state index contributed by atoms with van der Waals surface area (Å²) in [5.74, 6) is 0.0544. The second-order valence-electron chi connectivity index (χ2n) is 10.4. The van der Waals surface area contributed by atoms with Gasteiger partial charge in [-0.3, -0.25) is 9.89 Å². The van der Waals surface area contributed by atoms with Crippen LogP contribution in [-0.2, 0) is 22.4 Å². The summed E-state index contributed by atoms with van der Waals surface area (Å²) in [5.41, 5.74) is 2.28. The van der Waals surface area contributed by atoms with Crippen molar-refractivity contribution < 1.29 is 44.2 Å². The van der Waals surface area contributed by atoms with E-state index in [1.807, 2.05) is 38.1 Å². The molecule has 218 valence electrons. The van der Waals surface area contributed by atoms with Crippen LogP contribution in [0.1, 0.15) is 61.4 Å². The maximum atomic E-state index is 14.0. The van der Waals surface area contributed by atoms with Crippen molar-refractivity contribution in [1.82, 2.24) is 15.5 Å². The number of benzene rings is 1. The van der Waals surface area contributed by atoms with Gasteiger partial charge in [0.05, 0.1) is 32.5 Å². The molecule has 12 heteroatoms. The number of aromatic nitrogens is 2. The lowest BCUT2D eigenvalue weighted by atomic mass is 9.98. The fraction of sp³-hybridized carbons (Fsp3) is 0.630. The van der Waals surface area contributed by atoms with Gasteiger partial charge in [0.25, 0.3) is 0 Å². The molecule has 0 radical (unpaired) electrons. The molecule has 2 heterocycles. The van der Waals surface area contributed by atoms with Crippen molar-refractivity contribution in [3.8, 4) is 5.88 Å². The highest BCUT2D eigenvalue weighted by Gasteiger charge is 2.39. The Kier molecular flexibility index (Phi) is 11.2. The number of carbonyl (C=O) groups is 1. The third-order valence-electron chi connectivity index (χ3n) is 6.93. The summed E-state index contributed by atoms with van der Waals surface area (Å²) < 4.78 is 25.4. The number of ether oxygens (including phenoxy) is 2. The summed E-state index contributed by atoms with van der Waals surface area (Å²) >= 11 is 0. The van der Waals surface area contributed by atoms with Crippen LogP contribution in [0.15, 0.2) is 24.3 Å². The van der Waals surface area contributed by atoms with E-state index in [0.29, 0.717) is 25.1 Å². The summed E-state index contributed by atoms with van der Waals surface area (Å²) in [6.07, 6.45) is -3.37. The van der Waals surface area contributed by atoms with Gasteiger partial charge in [-0.1, -0.05) is 38.1 Å². The van der Waals surface area contributed by atoms with E-state index in [9.17, 15) is 34.7 Å². The van der Waals surface area contributed by atoms with Gasteiger partial charge in [-0.25, -0.2) is 4.39 Å². The Hall–Kier alpha value is -2.61. The number of alkyl halides is 1. The quantitative estimate of drug-likeness (QED) is 0.175. The highest BCUT2D eigenvalue weighted by atomic mass is 19.1. The zero-order valence-electron chi connectivity index (χ0n) is 22.3. The van der Waals surface area contributed by atoms with Crippen LogP contribution in [0.2, 0.25) is 0 Å². The van der Waals surface area contributed by atoms with Gasteiger partial charge >= 0.3 is 0 Å². The number of nitrogens with one attached hydrogen (secondary N) is 2. The standard InChI is InChI=1S/C27H40FN3O8/c1-16(2)25-19(26(31-30-25)39-23-11-20(36)24(28)21(12-32)38-23)10-18-8-6-17(7-9-18)4-3-5-22(37)29-27(13-33,14-34)15-35/h6-9,16,20-21,23-24,32-36H,3-5,10-15H2,1-2H3,(H,29,37)(H,30,31)/t20?,21?,23?,24-/m0/s1. The van der Waals surface area contributed by atoms with Gasteiger partial charge in [0.2, 0.25) is 18.1 Å². The minimum Gasteiger partial charge on any atom is -0.446 e. The van der Waals surface area contributed by atoms with Crippen LogP contribution >= 0.6 is 0 Å². The Morgan fingerprint density at radius 3 is 2.41 bits per heavy atom. The SMILES string of the molecule is CC(C)c1[nH]nc(OC2CC(O)[C@H](F)C(CO)O2)c1Cc1ccc(CCCC(=O)NC(CO)(CO)CO)cc1. The smallest absolute Gasteiger partial charge is 0.238 e. The highest BCUT2D eigenvalue weighted by Crippen LogP contribution is 2.31. The highest BCUT2D eigenvalue weighted by molar-refractivity contribution is 5.76. The molecule has 0 spiro atoms. The van der Waals surface area contributed by atoms with E-state index >= 15 is 0 Å². The first kappa shape index (κ1) is 30.9. The molecule has 1 saturated heterocycles. The maximum Gasteiger partial charge on any atom is 0.238 e. The van der Waals surface area contributed by atoms with Crippen molar-refractivity contribution in [1.29, 1.82) is 0 Å². The number of carbonyl (C=O) groups excluding carboxylic acids is 1. The van der Waals surface area contributed by atoms with E-state index in [2.05, 4.69) is 15.5 Å². The molecule has 3 unspecified atom stereocenters. The number of hydrogen-bond donors (Lipinski definition) is 7. The predicted octanol–water partition coefficient (Wildman–Crippen LogP) is 0.464. The van der Waals surface area contributed by atoms with Crippen molar-refractivity contribution in [2.45, 2.75) is 82.1 Å². The first-order chi connectivity index (χ1) is 18.6. The number of halogens is 1. The number of aromatic amines is 1. The molecule has 2 aromatic rings. The molecule has 1 aliphatic rings. The molecule has 1 aromatic carbocycles. The van der Waals surface area contributed by atoms with Crippen molar-refractivity contribution in [2.75, 3.05) is 26.4 Å². The second-order valence-corrected chi connectivity index (χ2v) is 10.4. The summed E-state index contributed by atoms with van der Waals surface area (Å²) in [7, 11) is 0. The van der Waals surface area contributed by atoms with Crippen molar-refractivity contribution >= 4 is 5.91 Å². The number of aryl methyl sites for hydroxylation is 1. The number of nitrogens with zero attached hydrogens (tertiary/aromatic N) is 1. The molecule has 0 bridgehead atoms. The lowest BCUT2D eigenvalue weighted by Gasteiger charge is -2.34. The normalized spacial score (nSPS) is 21.8. The van der Waals surface area contributed by atoms with Crippen molar-refractivity contribution in [3.63, 3.8) is 0 Å². The van der Waals surface area contributed by atoms with Crippen LogP contribution in [0.3, 0.4) is 0 Å². The fourth-order valence-electron chi connectivity index (χ4n) is 4.46. The Balaban J connectivity index is 1.61. The van der Waals surface area contributed by atoms with Gasteiger partial charge in [-0.15, -0.1) is 5.10 Å². The summed E-state index contributed by atoms with van der Waals surface area (Å²) in [6.45, 7) is 1.77. The average molecular weight is 554 g/mol. The van der Waals surface area contributed by atoms with Crippen LogP contribution in [0.25, 0.3) is 0 Å². The molecule has 1 amide bonds. The molecule has 4 atom stereocenters. The lowest BCUT2D eigenvalue weighted by Crippen LogP contribution is -2.57. The topological polar surface area (TPSA) is 177 Å². The van der Waals surface area contributed by atoms with E-state index in [0.717, 1.165) is 22.4 Å². The van der Waals surface area contributed by atoms with Crippen LogP contribution in [0.4, 0.5) is 4.39 Å².